The third-order valence-electron chi connectivity index (χ3n) is 14.5. The van der Waals surface area contributed by atoms with Gasteiger partial charge in [0.15, 0.2) is 5.82 Å². The quantitative estimate of drug-likeness (QED) is 0.185. The number of benzene rings is 11. The van der Waals surface area contributed by atoms with Crippen LogP contribution in [0.4, 0.5) is 0 Å². The van der Waals surface area contributed by atoms with E-state index in [0.29, 0.717) is 49.2 Å². The van der Waals surface area contributed by atoms with Crippen LogP contribution < -0.4 is 0 Å². The fraction of sp³-hybridized carbons (Fsp3) is 0. The SMILES string of the molecule is [2H]c1c([2H])c([2H])c(-c2c3nc(c(-c4c([2H])c([2H])c([2H])c([2H])c4[2H])c4[nH]c(c(-c5c([2H])c([2H])c([2H])c([2H])c5[2H])c5nc(nc6[nH]c2c2cc7ccccc7cc62)-c2cc6ccccc6cc2-5)c2cc5ccccc5cc42)-c2cc4ccccc4cc2-3)c([2H])c1[2H]. The first kappa shape index (κ1) is 28.8. The topological polar surface area (TPSA) is 70.2 Å². The van der Waals surface area contributed by atoms with Crippen molar-refractivity contribution in [3.63, 3.8) is 0 Å². The lowest BCUT2D eigenvalue weighted by Gasteiger charge is -2.10. The van der Waals surface area contributed by atoms with Crippen LogP contribution in [0.15, 0.2) is 236 Å². The molecule has 0 radical (unpaired) electrons. The summed E-state index contributed by atoms with van der Waals surface area (Å²) in [5.74, 6) is 0.142. The molecule has 0 aliphatic carbocycles. The summed E-state index contributed by atoms with van der Waals surface area (Å²) >= 11 is 0. The van der Waals surface area contributed by atoms with Crippen molar-refractivity contribution in [2.45, 2.75) is 0 Å². The maximum Gasteiger partial charge on any atom is 0.162 e. The van der Waals surface area contributed by atoms with Gasteiger partial charge in [0.1, 0.15) is 5.65 Å². The molecule has 16 rings (SSSR count). The molecule has 0 atom stereocenters. The molecule has 14 aromatic rings. The Morgan fingerprint density at radius 3 is 1.01 bits per heavy atom. The number of H-pyrrole nitrogens is 2. The number of aromatic amines is 2. The van der Waals surface area contributed by atoms with E-state index in [1.54, 1.807) is 0 Å². The van der Waals surface area contributed by atoms with Crippen molar-refractivity contribution in [2.75, 3.05) is 0 Å². The second-order valence-corrected chi connectivity index (χ2v) is 18.5. The number of aromatic nitrogens is 5. The second kappa shape index (κ2) is 15.8. The van der Waals surface area contributed by atoms with Crippen molar-refractivity contribution in [3.8, 4) is 78.5 Å². The van der Waals surface area contributed by atoms with Gasteiger partial charge in [-0.2, -0.15) is 0 Å². The Balaban J connectivity index is 1.29. The largest absolute Gasteiger partial charge is 0.353 e. The molecule has 11 aromatic carbocycles. The van der Waals surface area contributed by atoms with E-state index in [1.165, 1.54) is 0 Å². The molecule has 0 unspecified atom stereocenters. The van der Waals surface area contributed by atoms with Gasteiger partial charge in [-0.05, 0) is 108 Å². The highest BCUT2D eigenvalue weighted by atomic mass is 15.0. The average molecular weight is 955 g/mol. The molecule has 0 spiro atoms. The minimum Gasteiger partial charge on any atom is -0.353 e. The smallest absolute Gasteiger partial charge is 0.162 e. The first-order valence-corrected chi connectivity index (χ1v) is 24.0. The zero-order valence-electron chi connectivity index (χ0n) is 53.7. The summed E-state index contributed by atoms with van der Waals surface area (Å²) in [6.07, 6.45) is 0. The van der Waals surface area contributed by atoms with Crippen molar-refractivity contribution >= 4 is 86.8 Å². The van der Waals surface area contributed by atoms with Gasteiger partial charge in [0.25, 0.3) is 0 Å². The monoisotopic (exact) mass is 954 g/mol. The van der Waals surface area contributed by atoms with Crippen molar-refractivity contribution < 1.29 is 20.6 Å². The fourth-order valence-electron chi connectivity index (χ4n) is 11.2. The highest BCUT2D eigenvalue weighted by Gasteiger charge is 2.29. The molecule has 2 N–H and O–H groups in total. The molecule has 2 aliphatic heterocycles. The summed E-state index contributed by atoms with van der Waals surface area (Å²) in [6.45, 7) is 0. The third-order valence-corrected chi connectivity index (χ3v) is 14.5. The second-order valence-electron chi connectivity index (χ2n) is 18.5. The van der Waals surface area contributed by atoms with Crippen molar-refractivity contribution in [2.24, 2.45) is 0 Å². The van der Waals surface area contributed by atoms with Gasteiger partial charge in [-0.15, -0.1) is 0 Å². The molecule has 342 valence electrons. The molecule has 0 amide bonds. The average Bonchev–Trinajstić information content (AvgIpc) is 1.60. The van der Waals surface area contributed by atoms with Crippen LogP contribution in [0.5, 0.6) is 0 Å². The number of rotatable bonds is 3. The lowest BCUT2D eigenvalue weighted by molar-refractivity contribution is 1.27. The number of fused-ring (bicyclic) bond motifs is 24. The van der Waals surface area contributed by atoms with Gasteiger partial charge in [-0.3, -0.25) is 0 Å². The lowest BCUT2D eigenvalue weighted by Crippen LogP contribution is -1.87. The van der Waals surface area contributed by atoms with Crippen LogP contribution in [0.3, 0.4) is 0 Å². The van der Waals surface area contributed by atoms with E-state index in [4.69, 9.17) is 19.1 Å². The summed E-state index contributed by atoms with van der Waals surface area (Å²) in [6, 6.07) is 36.6. The number of hydrogen-bond acceptors (Lipinski definition) is 3. The molecule has 0 fully saturated rings. The van der Waals surface area contributed by atoms with Crippen LogP contribution in [0, 0.1) is 0 Å². The zero-order valence-corrected chi connectivity index (χ0v) is 38.7. The number of nitrogens with zero attached hydrogens (tertiary/aromatic N) is 3. The van der Waals surface area contributed by atoms with Crippen molar-refractivity contribution in [1.82, 2.24) is 24.9 Å². The Morgan fingerprint density at radius 2 is 0.608 bits per heavy atom. The Bertz CT molecular complexity index is 5680. The summed E-state index contributed by atoms with van der Waals surface area (Å²) < 4.78 is 141. The van der Waals surface area contributed by atoms with Crippen molar-refractivity contribution in [3.05, 3.63) is 236 Å². The minimum atomic E-state index is -0.661. The number of hydrogen-bond donors (Lipinski definition) is 2. The molecule has 0 saturated carbocycles. The Labute approximate surface area is 445 Å². The summed E-state index contributed by atoms with van der Waals surface area (Å²) in [5.41, 5.74) is 2.24. The first-order chi connectivity index (χ1) is 42.9. The van der Waals surface area contributed by atoms with Gasteiger partial charge in [-0.25, -0.2) is 15.0 Å². The molecule has 5 heterocycles. The van der Waals surface area contributed by atoms with Crippen LogP contribution in [0.1, 0.15) is 20.6 Å². The molecule has 0 saturated heterocycles. The van der Waals surface area contributed by atoms with Gasteiger partial charge in [0.2, 0.25) is 0 Å². The van der Waals surface area contributed by atoms with Gasteiger partial charge < -0.3 is 9.97 Å². The Hall–Kier alpha value is -9.97. The maximum absolute atomic E-state index is 9.92. The highest BCUT2D eigenvalue weighted by molar-refractivity contribution is 6.23. The van der Waals surface area contributed by atoms with E-state index in [2.05, 4.69) is 9.97 Å². The lowest BCUT2D eigenvalue weighted by atomic mass is 9.91. The molecule has 3 aromatic heterocycles. The molecule has 2 aliphatic rings. The van der Waals surface area contributed by atoms with Crippen LogP contribution >= 0.6 is 0 Å². The zero-order chi connectivity index (χ0) is 61.5. The van der Waals surface area contributed by atoms with E-state index in [0.717, 1.165) is 37.7 Å². The van der Waals surface area contributed by atoms with Gasteiger partial charge in [0, 0.05) is 60.5 Å². The van der Waals surface area contributed by atoms with Crippen LogP contribution in [0.2, 0.25) is 0 Å². The molecule has 5 heteroatoms. The summed E-state index contributed by atoms with van der Waals surface area (Å²) in [4.78, 5) is 23.9. The van der Waals surface area contributed by atoms with Crippen LogP contribution in [0.25, 0.3) is 165 Å². The Kier molecular flexibility index (Phi) is 6.13. The van der Waals surface area contributed by atoms with Gasteiger partial charge >= 0.3 is 0 Å². The predicted molar refractivity (Wildman–Crippen MR) is 309 cm³/mol. The normalized spacial score (nSPS) is 14.9. The van der Waals surface area contributed by atoms with E-state index in [9.17, 15) is 16.4 Å². The van der Waals surface area contributed by atoms with E-state index >= 15 is 0 Å². The van der Waals surface area contributed by atoms with E-state index in [-0.39, 0.29) is 78.5 Å². The van der Waals surface area contributed by atoms with E-state index in [1.807, 2.05) is 146 Å². The van der Waals surface area contributed by atoms with Gasteiger partial charge in [-0.1, -0.05) is 188 Å². The predicted octanol–water partition coefficient (Wildman–Crippen LogP) is 18.3. The van der Waals surface area contributed by atoms with E-state index < -0.39 is 90.6 Å². The van der Waals surface area contributed by atoms with Crippen LogP contribution in [-0.2, 0) is 0 Å². The fourth-order valence-corrected chi connectivity index (χ4v) is 11.2. The Morgan fingerprint density at radius 1 is 0.297 bits per heavy atom. The number of nitrogens with one attached hydrogen (secondary N) is 2. The molecule has 8 bridgehead atoms. The highest BCUT2D eigenvalue weighted by Crippen LogP contribution is 2.51. The maximum atomic E-state index is 9.92. The molecular weight excluding hydrogens is 899 g/mol. The molecule has 5 nitrogen and oxygen atoms in total. The van der Waals surface area contributed by atoms with Gasteiger partial charge in [0.05, 0.1) is 54.2 Å². The summed E-state index contributed by atoms with van der Waals surface area (Å²) in [7, 11) is 0. The standard InChI is InChI=1S/C69H41N5/c1-4-18-40(19-5-1)59-62-51-32-43-24-10-12-26-45(43)34-53(51)64(70-62)60(41-20-6-2-7-21-41)66-55-36-47-28-14-16-30-49(47)38-57(55)68(72-66)74-69-58-39-50-31-17-15-29-48(50)37-56(58)67(73-69)61(42-22-8-3-9-23-42)65-54-35-46-27-13-11-25-44(46)33-52(54)63(59)71-65/h1-39,70H,(H,72,73,74)/i1D,2D,3D,4D,5D,6D,7D,8D,9D,18D,19D,20D,21D,22D,23D. The van der Waals surface area contributed by atoms with Crippen molar-refractivity contribution in [1.29, 1.82) is 0 Å². The van der Waals surface area contributed by atoms with Crippen LogP contribution in [-0.4, -0.2) is 24.9 Å². The summed E-state index contributed by atoms with van der Waals surface area (Å²) in [5, 5.41) is 7.92. The molecular formula is C69H41N5. The first-order valence-electron chi connectivity index (χ1n) is 31.5. The third kappa shape index (κ3) is 6.14. The molecule has 74 heavy (non-hydrogen) atoms. The minimum absolute atomic E-state index is 0.0157.